The summed E-state index contributed by atoms with van der Waals surface area (Å²) >= 11 is 2.53. The summed E-state index contributed by atoms with van der Waals surface area (Å²) in [6.07, 6.45) is 4.72. The predicted molar refractivity (Wildman–Crippen MR) is 43.2 cm³/mol. The van der Waals surface area contributed by atoms with Gasteiger partial charge in [-0.3, -0.25) is 0 Å². The second-order valence-corrected chi connectivity index (χ2v) is 4.13. The lowest BCUT2D eigenvalue weighted by Crippen LogP contribution is -2.14. The van der Waals surface area contributed by atoms with Crippen LogP contribution in [0.25, 0.3) is 0 Å². The predicted octanol–water partition coefficient (Wildman–Crippen LogP) is 2.47. The molecule has 0 aromatic carbocycles. The maximum Gasteiger partial charge on any atom is 0.00264 e. The van der Waals surface area contributed by atoms with Gasteiger partial charge in [-0.25, -0.2) is 0 Å². The zero-order chi connectivity index (χ0) is 5.56. The van der Waals surface area contributed by atoms with E-state index in [9.17, 15) is 0 Å². The van der Waals surface area contributed by atoms with Gasteiger partial charge in [0.2, 0.25) is 0 Å². The topological polar surface area (TPSA) is 0 Å². The van der Waals surface area contributed by atoms with Crippen LogP contribution in [0, 0.1) is 17.8 Å². The Hall–Kier alpha value is 0.730. The van der Waals surface area contributed by atoms with E-state index in [1.165, 1.54) is 10.3 Å². The average Bonchev–Trinajstić information content (AvgIpc) is 2.15. The zero-order valence-corrected chi connectivity index (χ0v) is 7.10. The first-order chi connectivity index (χ1) is 3.90. The highest BCUT2D eigenvalue weighted by Crippen LogP contribution is 2.52. The lowest BCUT2D eigenvalue weighted by Gasteiger charge is -2.23. The van der Waals surface area contributed by atoms with Gasteiger partial charge in [-0.1, -0.05) is 22.6 Å². The maximum atomic E-state index is 2.53. The van der Waals surface area contributed by atoms with Crippen molar-refractivity contribution in [2.75, 3.05) is 4.43 Å². The maximum absolute atomic E-state index is 2.53. The molecule has 1 unspecified atom stereocenters. The second-order valence-electron chi connectivity index (χ2n) is 3.25. The van der Waals surface area contributed by atoms with Crippen molar-refractivity contribution >= 4 is 22.6 Å². The van der Waals surface area contributed by atoms with Crippen LogP contribution in [0.3, 0.4) is 0 Å². The minimum atomic E-state index is 1.13. The molecule has 0 aliphatic heterocycles. The first-order valence-corrected chi connectivity index (χ1v) is 4.98. The van der Waals surface area contributed by atoms with Crippen LogP contribution < -0.4 is 0 Å². The van der Waals surface area contributed by atoms with E-state index in [2.05, 4.69) is 22.6 Å². The van der Waals surface area contributed by atoms with Crippen LogP contribution in [0.4, 0.5) is 0 Å². The highest BCUT2D eigenvalue weighted by atomic mass is 127. The smallest absolute Gasteiger partial charge is 0.00264 e. The molecule has 46 valence electrons. The Morgan fingerprint density at radius 1 is 1.25 bits per heavy atom. The Bertz CT molecular complexity index is 94.6. The molecule has 0 radical (unpaired) electrons. The molecule has 3 fully saturated rings. The fraction of sp³-hybridized carbons (Fsp3) is 1.00. The molecule has 0 aromatic heterocycles. The molecule has 8 heavy (non-hydrogen) atoms. The van der Waals surface area contributed by atoms with E-state index in [4.69, 9.17) is 0 Å². The van der Waals surface area contributed by atoms with E-state index in [1.54, 1.807) is 19.3 Å². The van der Waals surface area contributed by atoms with Crippen molar-refractivity contribution in [3.8, 4) is 0 Å². The molecule has 3 aliphatic rings. The van der Waals surface area contributed by atoms with Crippen LogP contribution in [0.2, 0.25) is 0 Å². The average molecular weight is 222 g/mol. The summed E-state index contributed by atoms with van der Waals surface area (Å²) in [5.41, 5.74) is 0. The molecule has 0 N–H and O–H groups in total. The molecule has 0 spiro atoms. The van der Waals surface area contributed by atoms with Crippen molar-refractivity contribution in [1.82, 2.24) is 0 Å². The summed E-state index contributed by atoms with van der Waals surface area (Å²) < 4.78 is 1.42. The number of hydrogen-bond acceptors (Lipinski definition) is 0. The van der Waals surface area contributed by atoms with Crippen molar-refractivity contribution in [3.63, 3.8) is 0 Å². The largest absolute Gasteiger partial charge is 0.0861 e. The van der Waals surface area contributed by atoms with Gasteiger partial charge in [-0.2, -0.15) is 0 Å². The van der Waals surface area contributed by atoms with Crippen LogP contribution in [-0.2, 0) is 0 Å². The van der Waals surface area contributed by atoms with E-state index in [1.807, 2.05) is 0 Å². The van der Waals surface area contributed by atoms with Crippen molar-refractivity contribution in [1.29, 1.82) is 0 Å². The summed E-state index contributed by atoms with van der Waals surface area (Å²) in [6.45, 7) is 0. The summed E-state index contributed by atoms with van der Waals surface area (Å²) in [5.74, 6) is 3.46. The summed E-state index contributed by atoms with van der Waals surface area (Å²) in [6, 6.07) is 0. The van der Waals surface area contributed by atoms with E-state index >= 15 is 0 Å². The molecular formula is C7H11I. The number of halogens is 1. The van der Waals surface area contributed by atoms with E-state index in [-0.39, 0.29) is 0 Å². The molecule has 0 heterocycles. The lowest BCUT2D eigenvalue weighted by atomic mass is 9.83. The Balaban J connectivity index is 2.00. The molecular weight excluding hydrogens is 211 g/mol. The van der Waals surface area contributed by atoms with E-state index < -0.39 is 0 Å². The van der Waals surface area contributed by atoms with Crippen molar-refractivity contribution in [2.45, 2.75) is 19.3 Å². The number of fused-ring (bicyclic) bond motifs is 1. The summed E-state index contributed by atoms with van der Waals surface area (Å²) in [5, 5.41) is 0. The number of rotatable bonds is 1. The monoisotopic (exact) mass is 222 g/mol. The second kappa shape index (κ2) is 1.86. The Morgan fingerprint density at radius 2 is 2.00 bits per heavy atom. The summed E-state index contributed by atoms with van der Waals surface area (Å²) in [7, 11) is 0. The van der Waals surface area contributed by atoms with Crippen LogP contribution in [-0.4, -0.2) is 4.43 Å². The van der Waals surface area contributed by atoms with Gasteiger partial charge in [-0.15, -0.1) is 0 Å². The molecule has 0 aromatic rings. The SMILES string of the molecule is ICC1CC2CC1C2. The highest BCUT2D eigenvalue weighted by Gasteiger charge is 2.43. The Labute approximate surface area is 64.2 Å². The first-order valence-electron chi connectivity index (χ1n) is 3.46. The molecule has 1 heteroatoms. The molecule has 3 aliphatic carbocycles. The van der Waals surface area contributed by atoms with Gasteiger partial charge in [0.25, 0.3) is 0 Å². The first kappa shape index (κ1) is 5.51. The van der Waals surface area contributed by atoms with Crippen molar-refractivity contribution in [2.24, 2.45) is 17.8 Å². The fourth-order valence-electron chi connectivity index (χ4n) is 2.17. The van der Waals surface area contributed by atoms with Crippen LogP contribution in [0.1, 0.15) is 19.3 Å². The van der Waals surface area contributed by atoms with Gasteiger partial charge in [0.15, 0.2) is 0 Å². The van der Waals surface area contributed by atoms with E-state index in [0.29, 0.717) is 0 Å². The quantitative estimate of drug-likeness (QED) is 0.472. The molecule has 0 nitrogen and oxygen atoms in total. The van der Waals surface area contributed by atoms with Crippen molar-refractivity contribution in [3.05, 3.63) is 0 Å². The normalized spacial score (nSPS) is 51.4. The van der Waals surface area contributed by atoms with E-state index in [0.717, 1.165) is 11.8 Å². The van der Waals surface area contributed by atoms with Gasteiger partial charge in [0.1, 0.15) is 0 Å². The molecule has 1 atom stereocenters. The lowest BCUT2D eigenvalue weighted by molar-refractivity contribution is 0.284. The minimum absolute atomic E-state index is 1.13. The van der Waals surface area contributed by atoms with Gasteiger partial charge in [0.05, 0.1) is 0 Å². The van der Waals surface area contributed by atoms with Crippen LogP contribution >= 0.6 is 22.6 Å². The number of hydrogen-bond donors (Lipinski definition) is 0. The van der Waals surface area contributed by atoms with Gasteiger partial charge in [0, 0.05) is 4.43 Å². The standard InChI is InChI=1S/C7H11I/c8-4-7-3-5-1-6(7)2-5/h5-7H,1-4H2. The molecule has 3 saturated carbocycles. The van der Waals surface area contributed by atoms with Gasteiger partial charge in [-0.05, 0) is 37.0 Å². The number of alkyl halides is 1. The summed E-state index contributed by atoms with van der Waals surface area (Å²) in [4.78, 5) is 0. The minimum Gasteiger partial charge on any atom is -0.0861 e. The molecule has 3 rings (SSSR count). The Morgan fingerprint density at radius 3 is 2.25 bits per heavy atom. The van der Waals surface area contributed by atoms with Crippen LogP contribution in [0.5, 0.6) is 0 Å². The van der Waals surface area contributed by atoms with Crippen LogP contribution in [0.15, 0.2) is 0 Å². The molecule has 0 amide bonds. The van der Waals surface area contributed by atoms with Gasteiger partial charge < -0.3 is 0 Å². The third-order valence-electron chi connectivity index (χ3n) is 2.77. The highest BCUT2D eigenvalue weighted by molar-refractivity contribution is 14.1. The molecule has 2 bridgehead atoms. The third-order valence-corrected chi connectivity index (χ3v) is 3.90. The van der Waals surface area contributed by atoms with Crippen molar-refractivity contribution < 1.29 is 0 Å². The molecule has 0 saturated heterocycles. The van der Waals surface area contributed by atoms with Gasteiger partial charge >= 0.3 is 0 Å². The zero-order valence-electron chi connectivity index (χ0n) is 4.94. The third kappa shape index (κ3) is 0.630. The Kier molecular flexibility index (Phi) is 1.28. The fourth-order valence-corrected chi connectivity index (χ4v) is 3.25.